The molecule has 0 atom stereocenters. The average molecular weight is 237 g/mol. The summed E-state index contributed by atoms with van der Waals surface area (Å²) in [5.41, 5.74) is 2.56. The van der Waals surface area contributed by atoms with E-state index >= 15 is 0 Å². The van der Waals surface area contributed by atoms with Crippen LogP contribution < -0.4 is 16.2 Å². The van der Waals surface area contributed by atoms with Crippen molar-refractivity contribution in [1.29, 1.82) is 0 Å². The lowest BCUT2D eigenvalue weighted by Crippen LogP contribution is -2.37. The highest BCUT2D eigenvalue weighted by Crippen LogP contribution is 2.21. The Morgan fingerprint density at radius 2 is 2.12 bits per heavy atom. The van der Waals surface area contributed by atoms with Crippen LogP contribution in [0.2, 0.25) is 0 Å². The van der Waals surface area contributed by atoms with Gasteiger partial charge in [-0.25, -0.2) is 15.8 Å². The Morgan fingerprint density at radius 1 is 1.41 bits per heavy atom. The van der Waals surface area contributed by atoms with Crippen LogP contribution in [0.15, 0.2) is 6.07 Å². The first kappa shape index (κ1) is 12.1. The summed E-state index contributed by atoms with van der Waals surface area (Å²) < 4.78 is 5.35. The fourth-order valence-corrected chi connectivity index (χ4v) is 2.11. The summed E-state index contributed by atoms with van der Waals surface area (Å²) >= 11 is 0. The van der Waals surface area contributed by atoms with Crippen LogP contribution in [0, 0.1) is 6.92 Å². The van der Waals surface area contributed by atoms with Crippen molar-refractivity contribution < 1.29 is 4.74 Å². The summed E-state index contributed by atoms with van der Waals surface area (Å²) in [6, 6.07) is 1.88. The maximum atomic E-state index is 5.38. The van der Waals surface area contributed by atoms with Crippen LogP contribution in [-0.4, -0.2) is 36.3 Å². The smallest absolute Gasteiger partial charge is 0.145 e. The van der Waals surface area contributed by atoms with Gasteiger partial charge in [0.2, 0.25) is 0 Å². The van der Waals surface area contributed by atoms with Gasteiger partial charge in [0.1, 0.15) is 17.5 Å². The SMILES string of the molecule is COC1CCN(c2cc(NN)nc(C)n2)CC1. The highest BCUT2D eigenvalue weighted by molar-refractivity contribution is 5.49. The van der Waals surface area contributed by atoms with Crippen molar-refractivity contribution in [1.82, 2.24) is 9.97 Å². The zero-order valence-electron chi connectivity index (χ0n) is 10.3. The number of piperidine rings is 1. The third-order valence-corrected chi connectivity index (χ3v) is 3.07. The van der Waals surface area contributed by atoms with Crippen LogP contribution in [0.3, 0.4) is 0 Å². The number of nitrogens with zero attached hydrogens (tertiary/aromatic N) is 3. The number of rotatable bonds is 3. The molecule has 0 saturated carbocycles. The van der Waals surface area contributed by atoms with Gasteiger partial charge in [0.15, 0.2) is 0 Å². The van der Waals surface area contributed by atoms with Crippen LogP contribution in [0.25, 0.3) is 0 Å². The fourth-order valence-electron chi connectivity index (χ4n) is 2.11. The summed E-state index contributed by atoms with van der Waals surface area (Å²) in [5, 5.41) is 0. The standard InChI is InChI=1S/C11H19N5O/c1-8-13-10(15-12)7-11(14-8)16-5-3-9(17-2)4-6-16/h7,9H,3-6,12H2,1-2H3,(H,13,14,15). The fraction of sp³-hybridized carbons (Fsp3) is 0.636. The molecule has 2 rings (SSSR count). The lowest BCUT2D eigenvalue weighted by Gasteiger charge is -2.32. The number of anilines is 2. The molecule has 1 saturated heterocycles. The summed E-state index contributed by atoms with van der Waals surface area (Å²) in [6.07, 6.45) is 2.44. The molecule has 1 aromatic rings. The molecule has 6 heteroatoms. The molecule has 0 amide bonds. The highest BCUT2D eigenvalue weighted by atomic mass is 16.5. The maximum absolute atomic E-state index is 5.38. The number of hydrogen-bond acceptors (Lipinski definition) is 6. The Bertz CT molecular complexity index is 376. The number of aromatic nitrogens is 2. The summed E-state index contributed by atoms with van der Waals surface area (Å²) in [6.45, 7) is 3.78. The molecule has 94 valence electrons. The van der Waals surface area contributed by atoms with Crippen LogP contribution in [-0.2, 0) is 4.74 Å². The molecule has 0 aliphatic carbocycles. The predicted octanol–water partition coefficient (Wildman–Crippen LogP) is 0.686. The van der Waals surface area contributed by atoms with E-state index in [9.17, 15) is 0 Å². The van der Waals surface area contributed by atoms with Gasteiger partial charge in [-0.2, -0.15) is 0 Å². The Labute approximate surface area is 101 Å². The number of nitrogens with one attached hydrogen (secondary N) is 1. The van der Waals surface area contributed by atoms with E-state index in [4.69, 9.17) is 10.6 Å². The van der Waals surface area contributed by atoms with Gasteiger partial charge >= 0.3 is 0 Å². The first-order valence-electron chi connectivity index (χ1n) is 5.83. The molecule has 0 aromatic carbocycles. The van der Waals surface area contributed by atoms with Crippen LogP contribution >= 0.6 is 0 Å². The van der Waals surface area contributed by atoms with E-state index in [1.54, 1.807) is 7.11 Å². The summed E-state index contributed by atoms with van der Waals surface area (Å²) in [7, 11) is 1.77. The van der Waals surface area contributed by atoms with E-state index in [0.29, 0.717) is 11.9 Å². The third kappa shape index (κ3) is 2.83. The Balaban J connectivity index is 2.10. The van der Waals surface area contributed by atoms with Crippen LogP contribution in [0.1, 0.15) is 18.7 Å². The summed E-state index contributed by atoms with van der Waals surface area (Å²) in [4.78, 5) is 10.9. The minimum absolute atomic E-state index is 0.376. The highest BCUT2D eigenvalue weighted by Gasteiger charge is 2.20. The molecule has 0 radical (unpaired) electrons. The second-order valence-electron chi connectivity index (χ2n) is 4.23. The number of nitrogen functional groups attached to an aromatic ring is 1. The van der Waals surface area contributed by atoms with E-state index in [1.807, 2.05) is 13.0 Å². The Morgan fingerprint density at radius 3 is 2.71 bits per heavy atom. The molecule has 0 spiro atoms. The number of hydrogen-bond donors (Lipinski definition) is 2. The van der Waals surface area contributed by atoms with Crippen molar-refractivity contribution in [2.24, 2.45) is 5.84 Å². The van der Waals surface area contributed by atoms with E-state index in [2.05, 4.69) is 20.3 Å². The van der Waals surface area contributed by atoms with Gasteiger partial charge in [0.05, 0.1) is 6.10 Å². The lowest BCUT2D eigenvalue weighted by atomic mass is 10.1. The first-order chi connectivity index (χ1) is 8.22. The second-order valence-corrected chi connectivity index (χ2v) is 4.23. The lowest BCUT2D eigenvalue weighted by molar-refractivity contribution is 0.0818. The normalized spacial score (nSPS) is 17.2. The molecule has 0 bridgehead atoms. The quantitative estimate of drug-likeness (QED) is 0.595. The van der Waals surface area contributed by atoms with Gasteiger partial charge in [-0.05, 0) is 19.8 Å². The van der Waals surface area contributed by atoms with Gasteiger partial charge in [0.25, 0.3) is 0 Å². The minimum atomic E-state index is 0.376. The van der Waals surface area contributed by atoms with E-state index in [-0.39, 0.29) is 0 Å². The molecule has 1 aliphatic rings. The van der Waals surface area contributed by atoms with E-state index < -0.39 is 0 Å². The molecule has 1 fully saturated rings. The molecule has 6 nitrogen and oxygen atoms in total. The molecule has 3 N–H and O–H groups in total. The molecular formula is C11H19N5O. The summed E-state index contributed by atoms with van der Waals surface area (Å²) in [5.74, 6) is 7.69. The van der Waals surface area contributed by atoms with Gasteiger partial charge in [-0.15, -0.1) is 0 Å². The molecule has 17 heavy (non-hydrogen) atoms. The van der Waals surface area contributed by atoms with Crippen molar-refractivity contribution in [3.8, 4) is 0 Å². The van der Waals surface area contributed by atoms with Gasteiger partial charge in [-0.1, -0.05) is 0 Å². The monoisotopic (exact) mass is 237 g/mol. The largest absolute Gasteiger partial charge is 0.381 e. The number of methoxy groups -OCH3 is 1. The van der Waals surface area contributed by atoms with Crippen molar-refractivity contribution in [2.45, 2.75) is 25.9 Å². The van der Waals surface area contributed by atoms with E-state index in [0.717, 1.165) is 37.6 Å². The third-order valence-electron chi connectivity index (χ3n) is 3.07. The second kappa shape index (κ2) is 5.29. The molecule has 1 aromatic heterocycles. The molecule has 1 aliphatic heterocycles. The number of ether oxygens (including phenoxy) is 1. The molecule has 2 heterocycles. The number of aryl methyl sites for hydroxylation is 1. The topological polar surface area (TPSA) is 76.3 Å². The van der Waals surface area contributed by atoms with Crippen molar-refractivity contribution >= 4 is 11.6 Å². The minimum Gasteiger partial charge on any atom is -0.381 e. The van der Waals surface area contributed by atoms with Gasteiger partial charge < -0.3 is 15.1 Å². The Hall–Kier alpha value is -1.40. The molecule has 0 unspecified atom stereocenters. The van der Waals surface area contributed by atoms with E-state index in [1.165, 1.54) is 0 Å². The van der Waals surface area contributed by atoms with Crippen LogP contribution in [0.5, 0.6) is 0 Å². The van der Waals surface area contributed by atoms with Crippen LogP contribution in [0.4, 0.5) is 11.6 Å². The molecular weight excluding hydrogens is 218 g/mol. The van der Waals surface area contributed by atoms with Gasteiger partial charge in [0, 0.05) is 26.3 Å². The van der Waals surface area contributed by atoms with Crippen molar-refractivity contribution in [3.05, 3.63) is 11.9 Å². The number of nitrogens with two attached hydrogens (primary N) is 1. The zero-order chi connectivity index (χ0) is 12.3. The number of hydrazine groups is 1. The van der Waals surface area contributed by atoms with Gasteiger partial charge in [-0.3, -0.25) is 0 Å². The Kier molecular flexibility index (Phi) is 3.75. The zero-order valence-corrected chi connectivity index (χ0v) is 10.3. The average Bonchev–Trinajstić information content (AvgIpc) is 2.38. The maximum Gasteiger partial charge on any atom is 0.145 e. The van der Waals surface area contributed by atoms with Crippen molar-refractivity contribution in [3.63, 3.8) is 0 Å². The predicted molar refractivity (Wildman–Crippen MR) is 66.8 cm³/mol. The first-order valence-corrected chi connectivity index (χ1v) is 5.83. The van der Waals surface area contributed by atoms with Crippen molar-refractivity contribution in [2.75, 3.05) is 30.5 Å².